The Morgan fingerprint density at radius 3 is 1.39 bits per heavy atom. The quantitative estimate of drug-likeness (QED) is 0.745. The van der Waals surface area contributed by atoms with Gasteiger partial charge in [-0.2, -0.15) is 0 Å². The molecule has 0 radical (unpaired) electrons. The Labute approximate surface area is 151 Å². The Morgan fingerprint density at radius 2 is 1.09 bits per heavy atom. The van der Waals surface area contributed by atoms with Gasteiger partial charge in [-0.15, -0.1) is 0 Å². The fraction of sp³-hybridized carbons (Fsp3) is 0.882. The van der Waals surface area contributed by atoms with Crippen molar-refractivity contribution in [1.29, 1.82) is 0 Å². The maximum absolute atomic E-state index is 5.32. The number of nitrogens with one attached hydrogen (secondary N) is 2. The third-order valence-electron chi connectivity index (χ3n) is 5.40. The number of ether oxygens (including phenoxy) is 2. The Hall–Kier alpha value is -0.620. The van der Waals surface area contributed by atoms with Crippen molar-refractivity contribution >= 4 is 34.8 Å². The second kappa shape index (κ2) is 8.47. The van der Waals surface area contributed by atoms with E-state index in [1.54, 1.807) is 14.2 Å². The molecule has 2 rings (SSSR count). The Kier molecular flexibility index (Phi) is 6.89. The molecule has 2 aliphatic rings. The number of rotatable bonds is 4. The van der Waals surface area contributed by atoms with Gasteiger partial charge in [-0.25, -0.2) is 0 Å². The van der Waals surface area contributed by atoms with Crippen LogP contribution in [0.25, 0.3) is 0 Å². The summed E-state index contributed by atoms with van der Waals surface area (Å²) in [6.07, 6.45) is 13.1. The largest absolute Gasteiger partial charge is 0.474 e. The summed E-state index contributed by atoms with van der Waals surface area (Å²) in [5.74, 6) is 0. The van der Waals surface area contributed by atoms with Gasteiger partial charge in [0.15, 0.2) is 0 Å². The summed E-state index contributed by atoms with van der Waals surface area (Å²) >= 11 is 10.6. The van der Waals surface area contributed by atoms with Crippen LogP contribution in [-0.4, -0.2) is 35.6 Å². The van der Waals surface area contributed by atoms with Crippen LogP contribution in [0.4, 0.5) is 0 Å². The summed E-state index contributed by atoms with van der Waals surface area (Å²) in [7, 11) is 3.28. The zero-order valence-corrected chi connectivity index (χ0v) is 16.0. The first-order chi connectivity index (χ1) is 11.0. The average Bonchev–Trinajstić information content (AvgIpc) is 2.55. The number of hydrogen-bond donors (Lipinski definition) is 2. The highest BCUT2D eigenvalue weighted by Gasteiger charge is 2.43. The van der Waals surface area contributed by atoms with Gasteiger partial charge < -0.3 is 20.1 Å². The standard InChI is InChI=1S/C17H30N2O2S2/c1-20-14(22)18-16(9-5-3-6-10-16)13-17(19-15(23)21-2)11-7-4-8-12-17/h3-13H2,1-2H3,(H,18,22)(H,19,23). The van der Waals surface area contributed by atoms with Crippen LogP contribution in [0.1, 0.15) is 70.6 Å². The van der Waals surface area contributed by atoms with Gasteiger partial charge in [0.1, 0.15) is 0 Å². The zero-order valence-electron chi connectivity index (χ0n) is 14.4. The van der Waals surface area contributed by atoms with Crippen molar-refractivity contribution in [3.63, 3.8) is 0 Å². The van der Waals surface area contributed by atoms with Gasteiger partial charge in [0.25, 0.3) is 10.3 Å². The molecule has 2 N–H and O–H groups in total. The fourth-order valence-corrected chi connectivity index (χ4v) is 4.76. The van der Waals surface area contributed by atoms with Gasteiger partial charge in [0.05, 0.1) is 14.2 Å². The third kappa shape index (κ3) is 5.18. The van der Waals surface area contributed by atoms with Crippen molar-refractivity contribution in [2.24, 2.45) is 0 Å². The molecule has 0 unspecified atom stereocenters. The molecular weight excluding hydrogens is 328 g/mol. The van der Waals surface area contributed by atoms with E-state index in [2.05, 4.69) is 10.6 Å². The molecule has 0 aromatic carbocycles. The molecule has 0 aliphatic heterocycles. The molecule has 0 aromatic heterocycles. The van der Waals surface area contributed by atoms with Crippen LogP contribution >= 0.6 is 24.4 Å². The lowest BCUT2D eigenvalue weighted by molar-refractivity contribution is 0.136. The van der Waals surface area contributed by atoms with E-state index in [1.807, 2.05) is 0 Å². The smallest absolute Gasteiger partial charge is 0.256 e. The van der Waals surface area contributed by atoms with Crippen LogP contribution in [0.2, 0.25) is 0 Å². The van der Waals surface area contributed by atoms with Gasteiger partial charge >= 0.3 is 0 Å². The summed E-state index contributed by atoms with van der Waals surface area (Å²) in [5, 5.41) is 8.07. The summed E-state index contributed by atoms with van der Waals surface area (Å²) in [4.78, 5) is 0. The van der Waals surface area contributed by atoms with E-state index in [1.165, 1.54) is 38.5 Å². The highest BCUT2D eigenvalue weighted by Crippen LogP contribution is 2.41. The van der Waals surface area contributed by atoms with Crippen LogP contribution in [-0.2, 0) is 9.47 Å². The van der Waals surface area contributed by atoms with Gasteiger partial charge in [0.2, 0.25) is 0 Å². The lowest BCUT2D eigenvalue weighted by Gasteiger charge is -2.48. The van der Waals surface area contributed by atoms with Crippen LogP contribution < -0.4 is 10.6 Å². The zero-order chi connectivity index (χ0) is 16.8. The van der Waals surface area contributed by atoms with Crippen LogP contribution in [0.15, 0.2) is 0 Å². The fourth-order valence-electron chi connectivity index (χ4n) is 4.33. The van der Waals surface area contributed by atoms with E-state index < -0.39 is 0 Å². The molecule has 0 atom stereocenters. The second-order valence-electron chi connectivity index (χ2n) is 7.09. The Morgan fingerprint density at radius 1 is 0.739 bits per heavy atom. The third-order valence-corrected chi connectivity index (χ3v) is 5.94. The predicted molar refractivity (Wildman–Crippen MR) is 102 cm³/mol. The van der Waals surface area contributed by atoms with E-state index in [0.29, 0.717) is 10.3 Å². The van der Waals surface area contributed by atoms with Crippen molar-refractivity contribution in [2.75, 3.05) is 14.2 Å². The lowest BCUT2D eigenvalue weighted by atomic mass is 9.68. The topological polar surface area (TPSA) is 42.5 Å². The molecule has 2 aliphatic carbocycles. The van der Waals surface area contributed by atoms with Gasteiger partial charge in [-0.1, -0.05) is 38.5 Å². The van der Waals surface area contributed by atoms with Crippen LogP contribution in [0.3, 0.4) is 0 Å². The molecule has 23 heavy (non-hydrogen) atoms. The molecule has 132 valence electrons. The SMILES string of the molecule is COC(=S)NC1(CC2(NC(=S)OC)CCCCC2)CCCCC1. The van der Waals surface area contributed by atoms with E-state index in [-0.39, 0.29) is 11.1 Å². The van der Waals surface area contributed by atoms with Crippen LogP contribution in [0, 0.1) is 0 Å². The van der Waals surface area contributed by atoms with Crippen molar-refractivity contribution in [1.82, 2.24) is 10.6 Å². The van der Waals surface area contributed by atoms with E-state index in [0.717, 1.165) is 32.1 Å². The number of hydrogen-bond acceptors (Lipinski definition) is 4. The van der Waals surface area contributed by atoms with E-state index in [9.17, 15) is 0 Å². The normalized spacial score (nSPS) is 22.7. The molecular formula is C17H30N2O2S2. The summed E-state index contributed by atoms with van der Waals surface area (Å²) in [5.41, 5.74) is 0.0259. The minimum absolute atomic E-state index is 0.0129. The van der Waals surface area contributed by atoms with Crippen molar-refractivity contribution in [3.8, 4) is 0 Å². The van der Waals surface area contributed by atoms with Gasteiger partial charge in [-0.05, 0) is 56.5 Å². The van der Waals surface area contributed by atoms with E-state index in [4.69, 9.17) is 33.9 Å². The molecule has 0 bridgehead atoms. The van der Waals surface area contributed by atoms with Gasteiger partial charge in [0, 0.05) is 11.1 Å². The molecule has 0 amide bonds. The van der Waals surface area contributed by atoms with E-state index >= 15 is 0 Å². The summed E-state index contributed by atoms with van der Waals surface area (Å²) < 4.78 is 10.5. The molecule has 6 heteroatoms. The Bertz CT molecular complexity index is 379. The summed E-state index contributed by atoms with van der Waals surface area (Å²) in [6, 6.07) is 0. The second-order valence-corrected chi connectivity index (χ2v) is 7.83. The molecule has 4 nitrogen and oxygen atoms in total. The highest BCUT2D eigenvalue weighted by atomic mass is 32.1. The average molecular weight is 359 g/mol. The first-order valence-electron chi connectivity index (χ1n) is 8.75. The predicted octanol–water partition coefficient (Wildman–Crippen LogP) is 3.82. The number of thiocarbonyl (C=S) groups is 2. The van der Waals surface area contributed by atoms with Crippen molar-refractivity contribution in [2.45, 2.75) is 81.7 Å². The number of methoxy groups -OCH3 is 2. The summed E-state index contributed by atoms with van der Waals surface area (Å²) in [6.45, 7) is 0. The molecule has 2 saturated carbocycles. The first kappa shape index (κ1) is 18.7. The van der Waals surface area contributed by atoms with Crippen molar-refractivity contribution < 1.29 is 9.47 Å². The van der Waals surface area contributed by atoms with Gasteiger partial charge in [-0.3, -0.25) is 0 Å². The first-order valence-corrected chi connectivity index (χ1v) is 9.57. The van der Waals surface area contributed by atoms with Crippen LogP contribution in [0.5, 0.6) is 0 Å². The Balaban J connectivity index is 2.18. The minimum Gasteiger partial charge on any atom is -0.474 e. The maximum atomic E-state index is 5.32. The monoisotopic (exact) mass is 358 g/mol. The lowest BCUT2D eigenvalue weighted by Crippen LogP contribution is -2.60. The molecule has 0 saturated heterocycles. The molecule has 2 fully saturated rings. The molecule has 0 spiro atoms. The maximum Gasteiger partial charge on any atom is 0.256 e. The molecule has 0 aromatic rings. The molecule has 0 heterocycles. The highest BCUT2D eigenvalue weighted by molar-refractivity contribution is 7.80. The van der Waals surface area contributed by atoms with Crippen molar-refractivity contribution in [3.05, 3.63) is 0 Å². The minimum atomic E-state index is 0.0129.